The number of carboxylic acids is 1. The third kappa shape index (κ3) is 3.07. The summed E-state index contributed by atoms with van der Waals surface area (Å²) in [5.41, 5.74) is 2.62. The largest absolute Gasteiger partial charge is 0.481 e. The summed E-state index contributed by atoms with van der Waals surface area (Å²) < 4.78 is 16.6. The number of rotatable bonds is 4. The van der Waals surface area contributed by atoms with Crippen molar-refractivity contribution in [3.63, 3.8) is 0 Å². The van der Waals surface area contributed by atoms with Crippen LogP contribution >= 0.6 is 15.9 Å². The minimum Gasteiger partial charge on any atom is -0.481 e. The van der Waals surface area contributed by atoms with Crippen LogP contribution in [-0.4, -0.2) is 26.4 Å². The van der Waals surface area contributed by atoms with Crippen molar-refractivity contribution in [2.45, 2.75) is 25.8 Å². The topological polar surface area (TPSA) is 72.2 Å². The van der Waals surface area contributed by atoms with E-state index in [0.29, 0.717) is 45.1 Å². The second-order valence-corrected chi connectivity index (χ2v) is 8.79. The van der Waals surface area contributed by atoms with Crippen molar-refractivity contribution in [3.8, 4) is 0 Å². The Hall–Kier alpha value is -3.06. The molecule has 0 aliphatic carbocycles. The molecule has 1 N–H and O–H groups in total. The highest BCUT2D eigenvalue weighted by atomic mass is 79.9. The molecule has 0 saturated carbocycles. The van der Waals surface area contributed by atoms with Crippen molar-refractivity contribution < 1.29 is 19.1 Å². The van der Waals surface area contributed by atoms with E-state index >= 15 is 0 Å². The van der Waals surface area contributed by atoms with Crippen LogP contribution in [0.4, 0.5) is 4.39 Å². The van der Waals surface area contributed by atoms with Gasteiger partial charge in [0.25, 0.3) is 0 Å². The highest BCUT2D eigenvalue weighted by Crippen LogP contribution is 2.45. The molecular weight excluding hydrogens is 463 g/mol. The number of aliphatic carboxylic acids is 1. The van der Waals surface area contributed by atoms with E-state index in [1.165, 1.54) is 12.1 Å². The first-order valence-corrected chi connectivity index (χ1v) is 10.8. The van der Waals surface area contributed by atoms with Gasteiger partial charge in [-0.1, -0.05) is 31.2 Å². The lowest BCUT2D eigenvalue weighted by Gasteiger charge is -2.16. The summed E-state index contributed by atoms with van der Waals surface area (Å²) in [5.74, 6) is -2.65. The van der Waals surface area contributed by atoms with Crippen molar-refractivity contribution >= 4 is 49.5 Å². The Labute approximate surface area is 185 Å². The van der Waals surface area contributed by atoms with Gasteiger partial charge in [-0.05, 0) is 46.6 Å². The summed E-state index contributed by atoms with van der Waals surface area (Å²) >= 11 is 3.42. The Morgan fingerprint density at radius 1 is 1.23 bits per heavy atom. The molecule has 1 aliphatic heterocycles. The molecule has 1 aliphatic rings. The first kappa shape index (κ1) is 19.9. The smallest absolute Gasteiger partial charge is 0.306 e. The molecule has 2 aromatic carbocycles. The van der Waals surface area contributed by atoms with E-state index in [1.807, 2.05) is 34.9 Å². The van der Waals surface area contributed by atoms with Crippen molar-refractivity contribution in [1.29, 1.82) is 0 Å². The minimum absolute atomic E-state index is 0.277. The summed E-state index contributed by atoms with van der Waals surface area (Å²) in [6.45, 7) is 2.18. The number of fused-ring (bicyclic) bond motifs is 4. The van der Waals surface area contributed by atoms with E-state index in [9.17, 15) is 19.1 Å². The molecule has 0 amide bonds. The average molecular weight is 481 g/mol. The number of halogens is 2. The van der Waals surface area contributed by atoms with Crippen LogP contribution < -0.4 is 0 Å². The molecule has 156 valence electrons. The van der Waals surface area contributed by atoms with Gasteiger partial charge in [0.15, 0.2) is 0 Å². The van der Waals surface area contributed by atoms with Crippen LogP contribution in [0.5, 0.6) is 0 Å². The van der Waals surface area contributed by atoms with E-state index in [1.54, 1.807) is 13.0 Å². The fourth-order valence-corrected chi connectivity index (χ4v) is 5.27. The van der Waals surface area contributed by atoms with Crippen molar-refractivity contribution in [3.05, 3.63) is 75.8 Å². The Balaban J connectivity index is 1.78. The zero-order valence-electron chi connectivity index (χ0n) is 16.6. The molecule has 4 aromatic rings. The number of carboxylic acid groups (broad SMARTS) is 1. The number of ketones is 1. The first-order chi connectivity index (χ1) is 14.9. The van der Waals surface area contributed by atoms with Gasteiger partial charge in [-0.3, -0.25) is 9.59 Å². The zero-order chi connectivity index (χ0) is 21.9. The normalized spacial score (nSPS) is 16.5. The van der Waals surface area contributed by atoms with Gasteiger partial charge in [0.1, 0.15) is 11.5 Å². The number of carbonyl (C=O) groups excluding carboxylic acids is 1. The maximum absolute atomic E-state index is 14.2. The zero-order valence-corrected chi connectivity index (χ0v) is 18.2. The Bertz CT molecular complexity index is 1390. The standard InChI is InChI=1S/C24H18BrFN2O3/c1-12(24(30)31)15-8-9-28-19-11-14(26)10-16(25)20(19)21(22(15)28)23(29)18-7-6-13-4-2-3-5-17(13)27-18/h2-7,10-12,15H,8-9H2,1H3,(H,30,31). The van der Waals surface area contributed by atoms with Crippen molar-refractivity contribution in [1.82, 2.24) is 9.55 Å². The molecule has 5 nitrogen and oxygen atoms in total. The van der Waals surface area contributed by atoms with Gasteiger partial charge in [0.05, 0.1) is 22.5 Å². The molecule has 7 heteroatoms. The Morgan fingerprint density at radius 3 is 2.77 bits per heavy atom. The molecule has 5 rings (SSSR count). The molecule has 0 radical (unpaired) electrons. The van der Waals surface area contributed by atoms with Gasteiger partial charge >= 0.3 is 5.97 Å². The summed E-state index contributed by atoms with van der Waals surface area (Å²) in [5, 5.41) is 11.1. The number of carbonyl (C=O) groups is 2. The minimum atomic E-state index is -0.920. The van der Waals surface area contributed by atoms with Crippen LogP contribution in [0.3, 0.4) is 0 Å². The van der Waals surface area contributed by atoms with Crippen LogP contribution in [-0.2, 0) is 11.3 Å². The fourth-order valence-electron chi connectivity index (χ4n) is 4.65. The fraction of sp³-hybridized carbons (Fsp3) is 0.208. The van der Waals surface area contributed by atoms with Crippen LogP contribution in [0.25, 0.3) is 21.8 Å². The van der Waals surface area contributed by atoms with Crippen molar-refractivity contribution in [2.24, 2.45) is 5.92 Å². The van der Waals surface area contributed by atoms with E-state index in [2.05, 4.69) is 20.9 Å². The predicted molar refractivity (Wildman–Crippen MR) is 119 cm³/mol. The second-order valence-electron chi connectivity index (χ2n) is 7.93. The lowest BCUT2D eigenvalue weighted by molar-refractivity contribution is -0.141. The van der Waals surface area contributed by atoms with Gasteiger partial charge in [0, 0.05) is 33.4 Å². The van der Waals surface area contributed by atoms with Gasteiger partial charge in [-0.15, -0.1) is 0 Å². The van der Waals surface area contributed by atoms with Crippen LogP contribution in [0, 0.1) is 11.7 Å². The average Bonchev–Trinajstić information content (AvgIpc) is 3.31. The van der Waals surface area contributed by atoms with Gasteiger partial charge < -0.3 is 9.67 Å². The molecule has 2 atom stereocenters. The molecule has 31 heavy (non-hydrogen) atoms. The maximum Gasteiger partial charge on any atom is 0.306 e. The SMILES string of the molecule is CC(C(=O)O)C1CCn2c1c(C(=O)c1ccc3ccccc3n1)c1c(Br)cc(F)cc12. The Morgan fingerprint density at radius 2 is 2.00 bits per heavy atom. The summed E-state index contributed by atoms with van der Waals surface area (Å²) in [4.78, 5) is 30.1. The van der Waals surface area contributed by atoms with E-state index < -0.39 is 17.7 Å². The number of pyridine rings is 1. The number of hydrogen-bond donors (Lipinski definition) is 1. The lowest BCUT2D eigenvalue weighted by Crippen LogP contribution is -2.19. The number of aryl methyl sites for hydroxylation is 1. The number of benzene rings is 2. The van der Waals surface area contributed by atoms with E-state index in [4.69, 9.17) is 0 Å². The molecule has 0 bridgehead atoms. The molecule has 2 aromatic heterocycles. The van der Waals surface area contributed by atoms with Gasteiger partial charge in [-0.25, -0.2) is 9.37 Å². The highest BCUT2D eigenvalue weighted by Gasteiger charge is 2.38. The summed E-state index contributed by atoms with van der Waals surface area (Å²) in [6.07, 6.45) is 0.582. The monoisotopic (exact) mass is 480 g/mol. The van der Waals surface area contributed by atoms with Crippen LogP contribution in [0.2, 0.25) is 0 Å². The number of aromatic nitrogens is 2. The van der Waals surface area contributed by atoms with E-state index in [0.717, 1.165) is 5.39 Å². The molecule has 2 unspecified atom stereocenters. The third-order valence-electron chi connectivity index (χ3n) is 6.19. The predicted octanol–water partition coefficient (Wildman–Crippen LogP) is 5.53. The number of para-hydroxylation sites is 1. The van der Waals surface area contributed by atoms with Gasteiger partial charge in [0.2, 0.25) is 5.78 Å². The highest BCUT2D eigenvalue weighted by molar-refractivity contribution is 9.10. The second kappa shape index (κ2) is 7.27. The quantitative estimate of drug-likeness (QED) is 0.389. The molecule has 0 spiro atoms. The summed E-state index contributed by atoms with van der Waals surface area (Å²) in [6, 6.07) is 13.8. The van der Waals surface area contributed by atoms with Crippen LogP contribution in [0.1, 0.15) is 41.0 Å². The molecule has 0 fully saturated rings. The van der Waals surface area contributed by atoms with Crippen molar-refractivity contribution in [2.75, 3.05) is 0 Å². The number of nitrogens with zero attached hydrogens (tertiary/aromatic N) is 2. The first-order valence-electron chi connectivity index (χ1n) is 10.0. The number of hydrogen-bond acceptors (Lipinski definition) is 3. The lowest BCUT2D eigenvalue weighted by atomic mass is 9.86. The third-order valence-corrected chi connectivity index (χ3v) is 6.81. The summed E-state index contributed by atoms with van der Waals surface area (Å²) in [7, 11) is 0. The Kier molecular flexibility index (Phi) is 4.66. The molecular formula is C24H18BrFN2O3. The molecule has 3 heterocycles. The van der Waals surface area contributed by atoms with Gasteiger partial charge in [-0.2, -0.15) is 0 Å². The van der Waals surface area contributed by atoms with Crippen LogP contribution in [0.15, 0.2) is 53.0 Å². The maximum atomic E-state index is 14.2. The van der Waals surface area contributed by atoms with E-state index in [-0.39, 0.29) is 17.4 Å². The molecule has 0 saturated heterocycles.